The average Bonchev–Trinajstić information content (AvgIpc) is 3.59. The summed E-state index contributed by atoms with van der Waals surface area (Å²) in [5.74, 6) is -3.71. The van der Waals surface area contributed by atoms with Crippen LogP contribution in [-0.4, -0.2) is 55.9 Å². The van der Waals surface area contributed by atoms with Gasteiger partial charge in [-0.05, 0) is 19.1 Å². The number of carbonyl (C=O) groups excluding carboxylic acids is 3. The molecule has 13 heteroatoms. The van der Waals surface area contributed by atoms with Crippen molar-refractivity contribution in [3.8, 4) is 23.0 Å². The van der Waals surface area contributed by atoms with Gasteiger partial charge >= 0.3 is 5.97 Å². The second-order valence-corrected chi connectivity index (χ2v) is 11.3. The zero-order valence-corrected chi connectivity index (χ0v) is 24.5. The van der Waals surface area contributed by atoms with Crippen molar-refractivity contribution in [1.29, 1.82) is 0 Å². The van der Waals surface area contributed by atoms with Crippen LogP contribution in [0.1, 0.15) is 52.0 Å². The number of thiophene rings is 2. The SMILES string of the molecule is COc1cc2sc(C(=O)CCC(C)=O)cc2c(F)c1OCCOc1c(OC)cc2sc(C(=O)CCC(=O)O)cc2c1F. The lowest BCUT2D eigenvalue weighted by Crippen LogP contribution is -2.12. The quantitative estimate of drug-likeness (QED) is 0.118. The molecule has 0 saturated carbocycles. The number of carboxylic acid groups (broad SMARTS) is 1. The molecule has 2 heterocycles. The normalized spacial score (nSPS) is 11.1. The Hall–Kier alpha value is -4.10. The van der Waals surface area contributed by atoms with E-state index < -0.39 is 23.4 Å². The van der Waals surface area contributed by atoms with Gasteiger partial charge in [0.05, 0.1) is 30.4 Å². The summed E-state index contributed by atoms with van der Waals surface area (Å²) in [6, 6.07) is 5.81. The summed E-state index contributed by atoms with van der Waals surface area (Å²) in [4.78, 5) is 47.3. The first-order chi connectivity index (χ1) is 20.0. The molecule has 0 amide bonds. The molecule has 4 rings (SSSR count). The molecule has 42 heavy (non-hydrogen) atoms. The third-order valence-corrected chi connectivity index (χ3v) is 8.45. The van der Waals surface area contributed by atoms with Gasteiger partial charge in [-0.1, -0.05) is 0 Å². The minimum absolute atomic E-state index is 0.0289. The van der Waals surface area contributed by atoms with Crippen molar-refractivity contribution in [3.63, 3.8) is 0 Å². The smallest absolute Gasteiger partial charge is 0.303 e. The number of hydrogen-bond acceptors (Lipinski definition) is 10. The van der Waals surface area contributed by atoms with Crippen LogP contribution in [0.15, 0.2) is 24.3 Å². The Balaban J connectivity index is 1.50. The predicted octanol–water partition coefficient (Wildman–Crippen LogP) is 6.47. The Morgan fingerprint density at radius 2 is 1.14 bits per heavy atom. The fraction of sp³-hybridized carbons (Fsp3) is 0.310. The second kappa shape index (κ2) is 13.3. The number of Topliss-reactive ketones (excluding diaryl/α,β-unsaturated/α-hetero) is 3. The van der Waals surface area contributed by atoms with E-state index in [0.717, 1.165) is 22.7 Å². The van der Waals surface area contributed by atoms with Crippen molar-refractivity contribution in [2.24, 2.45) is 0 Å². The molecule has 0 atom stereocenters. The zero-order valence-electron chi connectivity index (χ0n) is 22.8. The number of carbonyl (C=O) groups is 4. The topological polar surface area (TPSA) is 125 Å². The summed E-state index contributed by atoms with van der Waals surface area (Å²) in [5.41, 5.74) is 0. The molecule has 2 aromatic heterocycles. The van der Waals surface area contributed by atoms with Gasteiger partial charge in [-0.25, -0.2) is 8.78 Å². The molecule has 0 spiro atoms. The van der Waals surface area contributed by atoms with E-state index >= 15 is 8.78 Å². The number of fused-ring (bicyclic) bond motifs is 2. The maximum atomic E-state index is 15.4. The lowest BCUT2D eigenvalue weighted by Gasteiger charge is -2.14. The van der Waals surface area contributed by atoms with Gasteiger partial charge in [0.1, 0.15) is 19.0 Å². The molecule has 2 aromatic carbocycles. The van der Waals surface area contributed by atoms with E-state index in [9.17, 15) is 19.2 Å². The highest BCUT2D eigenvalue weighted by molar-refractivity contribution is 7.21. The van der Waals surface area contributed by atoms with Crippen molar-refractivity contribution in [3.05, 3.63) is 45.7 Å². The van der Waals surface area contributed by atoms with Gasteiger partial charge in [0.25, 0.3) is 0 Å². The van der Waals surface area contributed by atoms with Crippen molar-refractivity contribution in [2.75, 3.05) is 27.4 Å². The summed E-state index contributed by atoms with van der Waals surface area (Å²) in [6.07, 6.45) is -0.417. The number of hydrogen-bond donors (Lipinski definition) is 1. The van der Waals surface area contributed by atoms with E-state index in [1.165, 1.54) is 39.3 Å². The van der Waals surface area contributed by atoms with Gasteiger partial charge < -0.3 is 28.8 Å². The van der Waals surface area contributed by atoms with E-state index in [1.54, 1.807) is 6.07 Å². The van der Waals surface area contributed by atoms with Crippen LogP contribution in [0.2, 0.25) is 0 Å². The predicted molar refractivity (Wildman–Crippen MR) is 153 cm³/mol. The number of methoxy groups -OCH3 is 2. The molecule has 0 aliphatic carbocycles. The molecule has 4 aromatic rings. The highest BCUT2D eigenvalue weighted by Crippen LogP contribution is 2.42. The monoisotopic (exact) mass is 620 g/mol. The number of ketones is 3. The molecule has 0 aliphatic heterocycles. The standard InChI is InChI=1S/C29H26F2O9S2/c1-14(32)4-5-17(33)23-10-15-21(41-23)12-19(37-2)28(26(15)30)39-8-9-40-29-20(38-3)13-22-16(27(29)31)11-24(42-22)18(34)6-7-25(35)36/h10-13H,4-9H2,1-3H3,(H,35,36). The fourth-order valence-electron chi connectivity index (χ4n) is 4.09. The lowest BCUT2D eigenvalue weighted by molar-refractivity contribution is -0.137. The maximum Gasteiger partial charge on any atom is 0.303 e. The Bertz CT molecular complexity index is 1570. The number of rotatable bonds is 15. The van der Waals surface area contributed by atoms with Crippen molar-refractivity contribution < 1.29 is 52.0 Å². The number of ether oxygens (including phenoxy) is 4. The molecular weight excluding hydrogens is 594 g/mol. The van der Waals surface area contributed by atoms with Crippen LogP contribution in [-0.2, 0) is 9.59 Å². The molecule has 1 N–H and O–H groups in total. The molecule has 0 fully saturated rings. The zero-order chi connectivity index (χ0) is 30.6. The van der Waals surface area contributed by atoms with E-state index in [-0.39, 0.29) is 89.1 Å². The Morgan fingerprint density at radius 3 is 1.52 bits per heavy atom. The first kappa shape index (κ1) is 30.8. The fourth-order valence-corrected chi connectivity index (χ4v) is 6.20. The summed E-state index contributed by atoms with van der Waals surface area (Å²) in [6.45, 7) is 0.968. The highest BCUT2D eigenvalue weighted by atomic mass is 32.1. The van der Waals surface area contributed by atoms with E-state index in [4.69, 9.17) is 24.1 Å². The summed E-state index contributed by atoms with van der Waals surface area (Å²) in [7, 11) is 2.67. The Labute approximate surface area is 246 Å². The molecule has 0 bridgehead atoms. The molecular formula is C29H26F2O9S2. The van der Waals surface area contributed by atoms with Gasteiger partial charge in [-0.15, -0.1) is 22.7 Å². The number of benzene rings is 2. The van der Waals surface area contributed by atoms with Gasteiger partial charge in [-0.2, -0.15) is 0 Å². The lowest BCUT2D eigenvalue weighted by atomic mass is 10.1. The third kappa shape index (κ3) is 6.68. The molecule has 222 valence electrons. The average molecular weight is 621 g/mol. The largest absolute Gasteiger partial charge is 0.493 e. The number of halogens is 2. The second-order valence-electron chi connectivity index (χ2n) is 9.13. The van der Waals surface area contributed by atoms with Crippen molar-refractivity contribution >= 4 is 66.2 Å². The minimum Gasteiger partial charge on any atom is -0.493 e. The van der Waals surface area contributed by atoms with Crippen molar-refractivity contribution in [2.45, 2.75) is 32.6 Å². The van der Waals surface area contributed by atoms with Crippen LogP contribution in [0.3, 0.4) is 0 Å². The highest BCUT2D eigenvalue weighted by Gasteiger charge is 2.23. The van der Waals surface area contributed by atoms with Crippen molar-refractivity contribution in [1.82, 2.24) is 0 Å². The summed E-state index contributed by atoms with van der Waals surface area (Å²) < 4.78 is 53.5. The van der Waals surface area contributed by atoms with E-state index in [2.05, 4.69) is 0 Å². The van der Waals surface area contributed by atoms with Crippen LogP contribution in [0.25, 0.3) is 20.2 Å². The summed E-state index contributed by atoms with van der Waals surface area (Å²) >= 11 is 2.10. The van der Waals surface area contributed by atoms with Crippen LogP contribution in [0.5, 0.6) is 23.0 Å². The third-order valence-electron chi connectivity index (χ3n) is 6.20. The summed E-state index contributed by atoms with van der Waals surface area (Å²) in [5, 5.41) is 9.09. The minimum atomic E-state index is -1.11. The van der Waals surface area contributed by atoms with E-state index in [1.807, 2.05) is 0 Å². The van der Waals surface area contributed by atoms with Crippen LogP contribution in [0.4, 0.5) is 8.78 Å². The molecule has 0 unspecified atom stereocenters. The molecule has 0 saturated heterocycles. The van der Waals surface area contributed by atoms with Gasteiger partial charge in [0, 0.05) is 51.6 Å². The van der Waals surface area contributed by atoms with Gasteiger partial charge in [0.2, 0.25) is 0 Å². The van der Waals surface area contributed by atoms with Crippen LogP contribution >= 0.6 is 22.7 Å². The Morgan fingerprint density at radius 1 is 0.714 bits per heavy atom. The molecule has 0 aliphatic rings. The maximum absolute atomic E-state index is 15.4. The van der Waals surface area contributed by atoms with Crippen LogP contribution < -0.4 is 18.9 Å². The van der Waals surface area contributed by atoms with E-state index in [0.29, 0.717) is 14.3 Å². The van der Waals surface area contributed by atoms with Gasteiger partial charge in [0.15, 0.2) is 46.2 Å². The Kier molecular flexibility index (Phi) is 9.74. The number of carboxylic acids is 1. The number of aliphatic carboxylic acids is 1. The van der Waals surface area contributed by atoms with Gasteiger partial charge in [-0.3, -0.25) is 14.4 Å². The first-order valence-electron chi connectivity index (χ1n) is 12.7. The molecule has 9 nitrogen and oxygen atoms in total. The van der Waals surface area contributed by atoms with Crippen LogP contribution in [0, 0.1) is 11.6 Å². The molecule has 0 radical (unpaired) electrons. The first-order valence-corrected chi connectivity index (χ1v) is 14.3.